The molecule has 1 aromatic carbocycles. The van der Waals surface area contributed by atoms with Gasteiger partial charge in [-0.2, -0.15) is 0 Å². The molecule has 5 heteroatoms. The van der Waals surface area contributed by atoms with E-state index >= 15 is 0 Å². The van der Waals surface area contributed by atoms with E-state index in [1.165, 1.54) is 6.92 Å². The van der Waals surface area contributed by atoms with Crippen LogP contribution >= 0.6 is 15.9 Å². The Hall–Kier alpha value is -1.23. The third-order valence-corrected chi connectivity index (χ3v) is 3.81. The number of alkyl halides is 2. The van der Waals surface area contributed by atoms with Gasteiger partial charge in [0.2, 0.25) is 0 Å². The van der Waals surface area contributed by atoms with Crippen LogP contribution in [0.3, 0.4) is 0 Å². The molecule has 1 aromatic rings. The van der Waals surface area contributed by atoms with Crippen molar-refractivity contribution in [3.05, 3.63) is 35.4 Å². The Labute approximate surface area is 107 Å². The second kappa shape index (κ2) is 4.22. The zero-order chi connectivity index (χ0) is 12.6. The first kappa shape index (κ1) is 12.2. The maximum atomic E-state index is 13.8. The lowest BCUT2D eigenvalue weighted by Gasteiger charge is -2.23. The van der Waals surface area contributed by atoms with E-state index in [1.807, 2.05) is 0 Å². The monoisotopic (exact) mass is 299 g/mol. The number of rotatable bonds is 3. The van der Waals surface area contributed by atoms with E-state index in [9.17, 15) is 14.0 Å². The summed E-state index contributed by atoms with van der Waals surface area (Å²) in [6.45, 7) is 1.12. The number of nitrogens with zero attached hydrogens (tertiary/aromatic N) is 1. The van der Waals surface area contributed by atoms with Crippen molar-refractivity contribution < 1.29 is 14.0 Å². The van der Waals surface area contributed by atoms with Crippen molar-refractivity contribution in [2.24, 2.45) is 0 Å². The van der Waals surface area contributed by atoms with E-state index in [0.717, 1.165) is 4.90 Å². The van der Waals surface area contributed by atoms with Crippen LogP contribution in [0.1, 0.15) is 27.6 Å². The summed E-state index contributed by atoms with van der Waals surface area (Å²) in [4.78, 5) is 24.8. The number of carbonyl (C=O) groups is 2. The molecule has 2 amide bonds. The van der Waals surface area contributed by atoms with Crippen molar-refractivity contribution in [2.75, 3.05) is 11.9 Å². The third-order valence-electron chi connectivity index (χ3n) is 2.64. The molecule has 1 atom stereocenters. The highest BCUT2D eigenvalue weighted by Gasteiger charge is 2.39. The van der Waals surface area contributed by atoms with E-state index in [0.29, 0.717) is 11.1 Å². The Morgan fingerprint density at radius 3 is 2.12 bits per heavy atom. The summed E-state index contributed by atoms with van der Waals surface area (Å²) in [5.74, 6) is -0.842. The van der Waals surface area contributed by atoms with Gasteiger partial charge in [0.1, 0.15) is 5.67 Å². The van der Waals surface area contributed by atoms with Crippen LogP contribution in [0, 0.1) is 0 Å². The van der Waals surface area contributed by atoms with Crippen LogP contribution < -0.4 is 0 Å². The molecule has 0 saturated heterocycles. The lowest BCUT2D eigenvalue weighted by molar-refractivity contribution is 0.0554. The van der Waals surface area contributed by atoms with Gasteiger partial charge in [-0.3, -0.25) is 14.5 Å². The molecule has 0 radical (unpaired) electrons. The average Bonchev–Trinajstić information content (AvgIpc) is 2.55. The van der Waals surface area contributed by atoms with Gasteiger partial charge in [-0.15, -0.1) is 0 Å². The van der Waals surface area contributed by atoms with Gasteiger partial charge in [-0.05, 0) is 19.1 Å². The Kier molecular flexibility index (Phi) is 3.03. The molecule has 1 aliphatic heterocycles. The second-order valence-corrected chi connectivity index (χ2v) is 4.85. The molecule has 2 rings (SSSR count). The van der Waals surface area contributed by atoms with E-state index in [4.69, 9.17) is 0 Å². The van der Waals surface area contributed by atoms with Gasteiger partial charge in [0.15, 0.2) is 0 Å². The maximum absolute atomic E-state index is 13.8. The highest BCUT2D eigenvalue weighted by atomic mass is 79.9. The van der Waals surface area contributed by atoms with Crippen LogP contribution in [0.4, 0.5) is 4.39 Å². The minimum Gasteiger partial charge on any atom is -0.271 e. The summed E-state index contributed by atoms with van der Waals surface area (Å²) >= 11 is 3.03. The summed E-state index contributed by atoms with van der Waals surface area (Å²) in [6, 6.07) is 6.54. The zero-order valence-corrected chi connectivity index (χ0v) is 10.8. The Morgan fingerprint density at radius 2 is 1.71 bits per heavy atom. The van der Waals surface area contributed by atoms with E-state index in [2.05, 4.69) is 15.9 Å². The van der Waals surface area contributed by atoms with Gasteiger partial charge < -0.3 is 0 Å². The first-order valence-electron chi connectivity index (χ1n) is 5.16. The van der Waals surface area contributed by atoms with Crippen molar-refractivity contribution in [1.82, 2.24) is 4.90 Å². The molecule has 0 spiro atoms. The molecule has 3 nitrogen and oxygen atoms in total. The third kappa shape index (κ3) is 2.11. The highest BCUT2D eigenvalue weighted by Crippen LogP contribution is 2.25. The van der Waals surface area contributed by atoms with Gasteiger partial charge in [0, 0.05) is 5.33 Å². The molecular weight excluding hydrogens is 289 g/mol. The van der Waals surface area contributed by atoms with Gasteiger partial charge >= 0.3 is 0 Å². The fraction of sp³-hybridized carbons (Fsp3) is 0.333. The Morgan fingerprint density at radius 1 is 1.24 bits per heavy atom. The molecular formula is C12H11BrFNO2. The van der Waals surface area contributed by atoms with Gasteiger partial charge in [-0.1, -0.05) is 28.1 Å². The van der Waals surface area contributed by atoms with Crippen LogP contribution in [0.15, 0.2) is 24.3 Å². The number of imide groups is 1. The second-order valence-electron chi connectivity index (χ2n) is 4.29. The smallest absolute Gasteiger partial charge is 0.261 e. The summed E-state index contributed by atoms with van der Waals surface area (Å²) in [5, 5.41) is 0.0768. The molecule has 0 fully saturated rings. The molecule has 0 aliphatic carbocycles. The SMILES string of the molecule is CC(F)(CBr)CN1C(=O)c2ccccc2C1=O. The summed E-state index contributed by atoms with van der Waals surface area (Å²) in [7, 11) is 0. The molecule has 1 unspecified atom stereocenters. The van der Waals surface area contributed by atoms with Crippen LogP contribution in [0.25, 0.3) is 0 Å². The number of hydrogen-bond donors (Lipinski definition) is 0. The minimum absolute atomic E-state index is 0.0768. The zero-order valence-electron chi connectivity index (χ0n) is 9.24. The maximum Gasteiger partial charge on any atom is 0.261 e. The Balaban J connectivity index is 2.31. The summed E-state index contributed by atoms with van der Waals surface area (Å²) in [5.41, 5.74) is -0.918. The molecule has 1 heterocycles. The first-order valence-corrected chi connectivity index (χ1v) is 6.28. The van der Waals surface area contributed by atoms with Crippen molar-refractivity contribution in [1.29, 1.82) is 0 Å². The van der Waals surface area contributed by atoms with E-state index in [-0.39, 0.29) is 11.9 Å². The molecule has 17 heavy (non-hydrogen) atoms. The largest absolute Gasteiger partial charge is 0.271 e. The molecule has 90 valence electrons. The molecule has 0 saturated carbocycles. The average molecular weight is 300 g/mol. The van der Waals surface area contributed by atoms with E-state index < -0.39 is 17.5 Å². The lowest BCUT2D eigenvalue weighted by atomic mass is 10.1. The first-order chi connectivity index (χ1) is 7.96. The van der Waals surface area contributed by atoms with Crippen LogP contribution in [0.5, 0.6) is 0 Å². The topological polar surface area (TPSA) is 37.4 Å². The minimum atomic E-state index is -1.62. The fourth-order valence-electron chi connectivity index (χ4n) is 1.75. The number of fused-ring (bicyclic) bond motifs is 1. The Bertz CT molecular complexity index is 452. The van der Waals surface area contributed by atoms with Gasteiger partial charge in [-0.25, -0.2) is 4.39 Å². The number of carbonyl (C=O) groups excluding carboxylic acids is 2. The normalized spacial score (nSPS) is 18.2. The quantitative estimate of drug-likeness (QED) is 0.635. The standard InChI is InChI=1S/C12H11BrFNO2/c1-12(14,6-13)7-15-10(16)8-4-2-3-5-9(8)11(15)17/h2-5H,6-7H2,1H3. The van der Waals surface area contributed by atoms with Gasteiger partial charge in [0.25, 0.3) is 11.8 Å². The van der Waals surface area contributed by atoms with Crippen molar-refractivity contribution in [3.63, 3.8) is 0 Å². The molecule has 0 aromatic heterocycles. The predicted molar refractivity (Wildman–Crippen MR) is 65.1 cm³/mol. The van der Waals surface area contributed by atoms with Crippen molar-refractivity contribution >= 4 is 27.7 Å². The van der Waals surface area contributed by atoms with E-state index in [1.54, 1.807) is 24.3 Å². The predicted octanol–water partition coefficient (Wildman–Crippen LogP) is 2.41. The van der Waals surface area contributed by atoms with Gasteiger partial charge in [0.05, 0.1) is 17.7 Å². The van der Waals surface area contributed by atoms with Crippen LogP contribution in [-0.2, 0) is 0 Å². The number of amides is 2. The fourth-order valence-corrected chi connectivity index (χ4v) is 1.93. The summed E-state index contributed by atoms with van der Waals surface area (Å²) < 4.78 is 13.8. The van der Waals surface area contributed by atoms with Crippen molar-refractivity contribution in [2.45, 2.75) is 12.6 Å². The number of halogens is 2. The number of hydrogen-bond acceptors (Lipinski definition) is 2. The summed E-state index contributed by atoms with van der Waals surface area (Å²) in [6.07, 6.45) is 0. The van der Waals surface area contributed by atoms with Crippen LogP contribution in [-0.4, -0.2) is 34.3 Å². The highest BCUT2D eigenvalue weighted by molar-refractivity contribution is 9.09. The number of benzene rings is 1. The van der Waals surface area contributed by atoms with Crippen molar-refractivity contribution in [3.8, 4) is 0 Å². The van der Waals surface area contributed by atoms with Crippen LogP contribution in [0.2, 0.25) is 0 Å². The molecule has 0 N–H and O–H groups in total. The lowest BCUT2D eigenvalue weighted by Crippen LogP contribution is -2.42. The molecule has 1 aliphatic rings. The molecule has 0 bridgehead atoms.